The van der Waals surface area contributed by atoms with Crippen LogP contribution in [0.2, 0.25) is 0 Å². The summed E-state index contributed by atoms with van der Waals surface area (Å²) in [4.78, 5) is 0. The highest BCUT2D eigenvalue weighted by atomic mass is 14.5. The molecule has 0 amide bonds. The van der Waals surface area contributed by atoms with Crippen molar-refractivity contribution in [3.8, 4) is 0 Å². The van der Waals surface area contributed by atoms with Crippen LogP contribution in [0.3, 0.4) is 0 Å². The first-order chi connectivity index (χ1) is 5.43. The SMILES string of the molecule is CC1(C)CC(C)(C)C2=C1C=CC2. The van der Waals surface area contributed by atoms with Crippen molar-refractivity contribution < 1.29 is 0 Å². The van der Waals surface area contributed by atoms with Crippen LogP contribution < -0.4 is 0 Å². The second-order valence-corrected chi connectivity index (χ2v) is 5.44. The zero-order valence-electron chi connectivity index (χ0n) is 8.57. The van der Waals surface area contributed by atoms with Gasteiger partial charge in [0, 0.05) is 0 Å². The summed E-state index contributed by atoms with van der Waals surface area (Å²) < 4.78 is 0. The summed E-state index contributed by atoms with van der Waals surface area (Å²) in [6.45, 7) is 9.49. The second-order valence-electron chi connectivity index (χ2n) is 5.44. The van der Waals surface area contributed by atoms with E-state index in [1.54, 1.807) is 11.1 Å². The molecule has 0 nitrogen and oxygen atoms in total. The highest BCUT2D eigenvalue weighted by Crippen LogP contribution is 2.56. The van der Waals surface area contributed by atoms with Crippen LogP contribution in [0.4, 0.5) is 0 Å². The lowest BCUT2D eigenvalue weighted by Gasteiger charge is -2.26. The van der Waals surface area contributed by atoms with Crippen LogP contribution in [-0.4, -0.2) is 0 Å². The summed E-state index contributed by atoms with van der Waals surface area (Å²) >= 11 is 0. The van der Waals surface area contributed by atoms with Crippen molar-refractivity contribution in [2.45, 2.75) is 40.5 Å². The van der Waals surface area contributed by atoms with Gasteiger partial charge in [-0.1, -0.05) is 45.4 Å². The Morgan fingerprint density at radius 2 is 1.75 bits per heavy atom. The van der Waals surface area contributed by atoms with Crippen LogP contribution in [0.15, 0.2) is 23.3 Å². The molecule has 0 radical (unpaired) electrons. The summed E-state index contributed by atoms with van der Waals surface area (Å²) in [5, 5.41) is 0. The molecule has 0 unspecified atom stereocenters. The minimum Gasteiger partial charge on any atom is -0.0801 e. The molecule has 0 saturated heterocycles. The van der Waals surface area contributed by atoms with E-state index in [2.05, 4.69) is 39.8 Å². The fraction of sp³-hybridized carbons (Fsp3) is 0.667. The van der Waals surface area contributed by atoms with Gasteiger partial charge >= 0.3 is 0 Å². The van der Waals surface area contributed by atoms with Crippen LogP contribution in [0, 0.1) is 10.8 Å². The van der Waals surface area contributed by atoms with Gasteiger partial charge < -0.3 is 0 Å². The lowest BCUT2D eigenvalue weighted by Crippen LogP contribution is -2.15. The molecule has 0 aromatic rings. The maximum atomic E-state index is 2.38. The first kappa shape index (κ1) is 8.10. The van der Waals surface area contributed by atoms with Crippen LogP contribution in [0.1, 0.15) is 40.5 Å². The van der Waals surface area contributed by atoms with Crippen molar-refractivity contribution >= 4 is 0 Å². The lowest BCUT2D eigenvalue weighted by molar-refractivity contribution is 0.315. The van der Waals surface area contributed by atoms with E-state index in [9.17, 15) is 0 Å². The van der Waals surface area contributed by atoms with Gasteiger partial charge in [-0.2, -0.15) is 0 Å². The first-order valence-corrected chi connectivity index (χ1v) is 4.84. The third-order valence-corrected chi connectivity index (χ3v) is 3.36. The van der Waals surface area contributed by atoms with Crippen LogP contribution in [0.25, 0.3) is 0 Å². The predicted molar refractivity (Wildman–Crippen MR) is 53.0 cm³/mol. The molecule has 0 aliphatic heterocycles. The van der Waals surface area contributed by atoms with E-state index in [4.69, 9.17) is 0 Å². The second kappa shape index (κ2) is 2.04. The Labute approximate surface area is 75.4 Å². The molecule has 0 heterocycles. The molecule has 0 aromatic carbocycles. The van der Waals surface area contributed by atoms with Crippen molar-refractivity contribution in [2.24, 2.45) is 10.8 Å². The van der Waals surface area contributed by atoms with E-state index in [1.807, 2.05) is 0 Å². The normalized spacial score (nSPS) is 29.7. The molecular formula is C12H18. The molecule has 66 valence electrons. The molecule has 0 aromatic heterocycles. The quantitative estimate of drug-likeness (QED) is 0.509. The Morgan fingerprint density at radius 3 is 2.33 bits per heavy atom. The zero-order chi connectivity index (χ0) is 8.98. The van der Waals surface area contributed by atoms with E-state index in [1.165, 1.54) is 12.8 Å². The molecule has 12 heavy (non-hydrogen) atoms. The van der Waals surface area contributed by atoms with Gasteiger partial charge in [-0.15, -0.1) is 0 Å². The minimum absolute atomic E-state index is 0.422. The number of rotatable bonds is 0. The average molecular weight is 162 g/mol. The van der Waals surface area contributed by atoms with Crippen molar-refractivity contribution in [1.29, 1.82) is 0 Å². The smallest absolute Gasteiger partial charge is 0.00956 e. The van der Waals surface area contributed by atoms with E-state index in [0.29, 0.717) is 10.8 Å². The van der Waals surface area contributed by atoms with Crippen molar-refractivity contribution in [1.82, 2.24) is 0 Å². The summed E-state index contributed by atoms with van der Waals surface area (Å²) in [6.07, 6.45) is 7.16. The zero-order valence-corrected chi connectivity index (χ0v) is 8.57. The van der Waals surface area contributed by atoms with E-state index < -0.39 is 0 Å². The van der Waals surface area contributed by atoms with Crippen molar-refractivity contribution in [2.75, 3.05) is 0 Å². The molecule has 0 heteroatoms. The van der Waals surface area contributed by atoms with Gasteiger partial charge in [0.25, 0.3) is 0 Å². The molecular weight excluding hydrogens is 144 g/mol. The van der Waals surface area contributed by atoms with Gasteiger partial charge in [0.1, 0.15) is 0 Å². The average Bonchev–Trinajstić information content (AvgIpc) is 2.34. The Morgan fingerprint density at radius 1 is 1.08 bits per heavy atom. The van der Waals surface area contributed by atoms with E-state index in [-0.39, 0.29) is 0 Å². The topological polar surface area (TPSA) is 0 Å². The molecule has 2 rings (SSSR count). The molecule has 0 N–H and O–H groups in total. The third-order valence-electron chi connectivity index (χ3n) is 3.36. The number of hydrogen-bond acceptors (Lipinski definition) is 0. The maximum Gasteiger partial charge on any atom is -0.00956 e. The summed E-state index contributed by atoms with van der Waals surface area (Å²) in [7, 11) is 0. The van der Waals surface area contributed by atoms with Gasteiger partial charge in [0.15, 0.2) is 0 Å². The Kier molecular flexibility index (Phi) is 1.38. The largest absolute Gasteiger partial charge is 0.0801 e. The molecule has 0 bridgehead atoms. The van der Waals surface area contributed by atoms with Gasteiger partial charge in [-0.05, 0) is 29.2 Å². The van der Waals surface area contributed by atoms with Gasteiger partial charge in [-0.3, -0.25) is 0 Å². The highest BCUT2D eigenvalue weighted by Gasteiger charge is 2.43. The molecule has 0 atom stereocenters. The predicted octanol–water partition coefficient (Wildman–Crippen LogP) is 3.70. The fourth-order valence-electron chi connectivity index (χ4n) is 3.09. The van der Waals surface area contributed by atoms with Crippen molar-refractivity contribution in [3.63, 3.8) is 0 Å². The first-order valence-electron chi connectivity index (χ1n) is 4.84. The highest BCUT2D eigenvalue weighted by molar-refractivity contribution is 5.45. The maximum absolute atomic E-state index is 2.38. The lowest BCUT2D eigenvalue weighted by atomic mass is 9.78. The summed E-state index contributed by atoms with van der Waals surface area (Å²) in [6, 6.07) is 0. The fourth-order valence-corrected chi connectivity index (χ4v) is 3.09. The minimum atomic E-state index is 0.422. The van der Waals surface area contributed by atoms with Gasteiger partial charge in [0.2, 0.25) is 0 Å². The third kappa shape index (κ3) is 0.903. The van der Waals surface area contributed by atoms with Gasteiger partial charge in [0.05, 0.1) is 0 Å². The van der Waals surface area contributed by atoms with Crippen molar-refractivity contribution in [3.05, 3.63) is 23.3 Å². The monoisotopic (exact) mass is 162 g/mol. The molecule has 2 aliphatic carbocycles. The Bertz CT molecular complexity index is 274. The van der Waals surface area contributed by atoms with E-state index in [0.717, 1.165) is 0 Å². The molecule has 2 aliphatic rings. The van der Waals surface area contributed by atoms with Crippen LogP contribution in [-0.2, 0) is 0 Å². The standard InChI is InChI=1S/C12H18/c1-11(2)8-12(3,4)10-7-5-6-9(10)11/h5-6H,7-8H2,1-4H3. The summed E-state index contributed by atoms with van der Waals surface area (Å²) in [5.41, 5.74) is 4.17. The Balaban J connectivity index is 2.49. The number of hydrogen-bond donors (Lipinski definition) is 0. The number of allylic oxidation sites excluding steroid dienone is 4. The summed E-state index contributed by atoms with van der Waals surface area (Å²) in [5.74, 6) is 0. The van der Waals surface area contributed by atoms with Crippen LogP contribution in [0.5, 0.6) is 0 Å². The van der Waals surface area contributed by atoms with Crippen LogP contribution >= 0.6 is 0 Å². The molecule has 0 saturated carbocycles. The van der Waals surface area contributed by atoms with E-state index >= 15 is 0 Å². The molecule has 0 spiro atoms. The Hall–Kier alpha value is -0.520. The molecule has 0 fully saturated rings. The van der Waals surface area contributed by atoms with Gasteiger partial charge in [-0.25, -0.2) is 0 Å².